The predicted octanol–water partition coefficient (Wildman–Crippen LogP) is 7.40. The third-order valence-corrected chi connectivity index (χ3v) is 5.67. The van der Waals surface area contributed by atoms with Crippen LogP contribution in [0.4, 0.5) is 0 Å². The molecule has 0 radical (unpaired) electrons. The largest absolute Gasteiger partial charge is 0.336 e. The molecule has 0 bridgehead atoms. The van der Waals surface area contributed by atoms with Crippen LogP contribution in [0.3, 0.4) is 0 Å². The third-order valence-electron chi connectivity index (χ3n) is 5.67. The Hall–Kier alpha value is -1.02. The van der Waals surface area contributed by atoms with Crippen LogP contribution in [-0.2, 0) is 29.8 Å². The zero-order valence-corrected chi connectivity index (χ0v) is 18.3. The van der Waals surface area contributed by atoms with Gasteiger partial charge in [-0.2, -0.15) is 4.89 Å². The van der Waals surface area contributed by atoms with Crippen LogP contribution in [0.15, 0.2) is 0 Å². The van der Waals surface area contributed by atoms with E-state index >= 15 is 0 Å². The molecule has 0 aromatic heterocycles. The molecule has 0 aliphatic carbocycles. The van der Waals surface area contributed by atoms with Crippen LogP contribution in [0.1, 0.15) is 121 Å². The van der Waals surface area contributed by atoms with Crippen LogP contribution in [0.25, 0.3) is 0 Å². The van der Waals surface area contributed by atoms with Crippen LogP contribution in [0, 0.1) is 0 Å². The summed E-state index contributed by atoms with van der Waals surface area (Å²) in [6.45, 7) is 15.9. The summed E-state index contributed by atoms with van der Waals surface area (Å²) < 4.78 is 0. The lowest BCUT2D eigenvalue weighted by atomic mass is 9.77. The minimum Gasteiger partial charge on any atom is -0.336 e. The lowest BCUT2D eigenvalue weighted by molar-refractivity contribution is -0.260. The van der Waals surface area contributed by atoms with Gasteiger partial charge in [0.05, 0.1) is 0 Å². The highest BCUT2D eigenvalue weighted by Crippen LogP contribution is 2.49. The van der Waals surface area contributed by atoms with E-state index in [1.54, 1.807) is 11.1 Å². The van der Waals surface area contributed by atoms with Crippen molar-refractivity contribution >= 4 is 0 Å². The van der Waals surface area contributed by atoms with Crippen molar-refractivity contribution in [3.05, 3.63) is 27.8 Å². The SMILES string of the molecule is CCCCc1c(CCCC)c2c(c(CCCC)c1C(C)C)OOC2(C)C. The quantitative estimate of drug-likeness (QED) is 0.405. The van der Waals surface area contributed by atoms with E-state index in [1.165, 1.54) is 61.6 Å². The summed E-state index contributed by atoms with van der Waals surface area (Å²) in [4.78, 5) is 11.8. The molecule has 2 nitrogen and oxygen atoms in total. The molecule has 0 saturated heterocycles. The van der Waals surface area contributed by atoms with Crippen LogP contribution in [-0.4, -0.2) is 0 Å². The molecule has 2 heteroatoms. The first-order chi connectivity index (χ1) is 12.4. The van der Waals surface area contributed by atoms with Gasteiger partial charge in [0.1, 0.15) is 5.60 Å². The van der Waals surface area contributed by atoms with Crippen LogP contribution in [0.2, 0.25) is 0 Å². The molecule has 2 rings (SSSR count). The molecule has 0 fully saturated rings. The zero-order chi connectivity index (χ0) is 19.3. The molecule has 1 aliphatic rings. The first-order valence-electron chi connectivity index (χ1n) is 11.0. The van der Waals surface area contributed by atoms with E-state index in [1.807, 2.05) is 0 Å². The van der Waals surface area contributed by atoms with Crippen LogP contribution < -0.4 is 4.89 Å². The summed E-state index contributed by atoms with van der Waals surface area (Å²) in [7, 11) is 0. The van der Waals surface area contributed by atoms with Crippen molar-refractivity contribution in [2.24, 2.45) is 0 Å². The lowest BCUT2D eigenvalue weighted by Crippen LogP contribution is -2.20. The van der Waals surface area contributed by atoms with Crippen LogP contribution >= 0.6 is 0 Å². The minimum atomic E-state index is -0.351. The van der Waals surface area contributed by atoms with Crippen molar-refractivity contribution in [2.75, 3.05) is 0 Å². The lowest BCUT2D eigenvalue weighted by Gasteiger charge is -2.27. The molecule has 0 N–H and O–H groups in total. The summed E-state index contributed by atoms with van der Waals surface area (Å²) >= 11 is 0. The summed E-state index contributed by atoms with van der Waals surface area (Å²) in [6.07, 6.45) is 10.8. The summed E-state index contributed by atoms with van der Waals surface area (Å²) in [5, 5.41) is 0. The predicted molar refractivity (Wildman–Crippen MR) is 111 cm³/mol. The van der Waals surface area contributed by atoms with E-state index in [9.17, 15) is 0 Å². The maximum Gasteiger partial charge on any atom is 0.175 e. The van der Waals surface area contributed by atoms with Gasteiger partial charge in [-0.05, 0) is 75.0 Å². The summed E-state index contributed by atoms with van der Waals surface area (Å²) in [6, 6.07) is 0. The van der Waals surface area contributed by atoms with Gasteiger partial charge < -0.3 is 4.89 Å². The Bertz CT molecular complexity index is 599. The first kappa shape index (κ1) is 21.3. The molecule has 148 valence electrons. The van der Waals surface area contributed by atoms with Crippen molar-refractivity contribution in [3.8, 4) is 5.75 Å². The Labute approximate surface area is 161 Å². The Kier molecular flexibility index (Phi) is 7.58. The molecule has 1 aromatic rings. The van der Waals surface area contributed by atoms with Crippen molar-refractivity contribution in [2.45, 2.75) is 118 Å². The third kappa shape index (κ3) is 4.27. The van der Waals surface area contributed by atoms with E-state index in [4.69, 9.17) is 9.78 Å². The fourth-order valence-corrected chi connectivity index (χ4v) is 4.39. The number of hydrogen-bond acceptors (Lipinski definition) is 2. The minimum absolute atomic E-state index is 0.351. The number of unbranched alkanes of at least 4 members (excludes halogenated alkanes) is 3. The maximum atomic E-state index is 5.91. The number of rotatable bonds is 10. The summed E-state index contributed by atoms with van der Waals surface area (Å²) in [5.74, 6) is 1.57. The van der Waals surface area contributed by atoms with Gasteiger partial charge in [-0.15, -0.1) is 0 Å². The average molecular weight is 361 g/mol. The second-order valence-corrected chi connectivity index (χ2v) is 8.70. The molecule has 1 aromatic carbocycles. The molecule has 1 aliphatic heterocycles. The van der Waals surface area contributed by atoms with Crippen LogP contribution in [0.5, 0.6) is 5.75 Å². The number of benzene rings is 1. The van der Waals surface area contributed by atoms with Crippen molar-refractivity contribution < 1.29 is 9.78 Å². The van der Waals surface area contributed by atoms with Crippen molar-refractivity contribution in [1.29, 1.82) is 0 Å². The maximum absolute atomic E-state index is 5.91. The van der Waals surface area contributed by atoms with Gasteiger partial charge in [-0.1, -0.05) is 53.9 Å². The van der Waals surface area contributed by atoms with Gasteiger partial charge in [0, 0.05) is 11.1 Å². The molecular formula is C24H40O2. The highest BCUT2D eigenvalue weighted by atomic mass is 17.2. The van der Waals surface area contributed by atoms with Gasteiger partial charge in [-0.25, -0.2) is 0 Å². The van der Waals surface area contributed by atoms with Gasteiger partial charge in [0.25, 0.3) is 0 Å². The smallest absolute Gasteiger partial charge is 0.175 e. The van der Waals surface area contributed by atoms with Crippen molar-refractivity contribution in [3.63, 3.8) is 0 Å². The monoisotopic (exact) mass is 360 g/mol. The zero-order valence-electron chi connectivity index (χ0n) is 18.3. The Morgan fingerprint density at radius 2 is 1.27 bits per heavy atom. The molecular weight excluding hydrogens is 320 g/mol. The number of fused-ring (bicyclic) bond motifs is 1. The highest BCUT2D eigenvalue weighted by molar-refractivity contribution is 5.60. The van der Waals surface area contributed by atoms with Gasteiger partial charge in [-0.3, -0.25) is 0 Å². The Morgan fingerprint density at radius 1 is 0.769 bits per heavy atom. The Morgan fingerprint density at radius 3 is 1.77 bits per heavy atom. The van der Waals surface area contributed by atoms with E-state index < -0.39 is 0 Å². The average Bonchev–Trinajstić information content (AvgIpc) is 2.91. The normalized spacial score (nSPS) is 15.4. The molecule has 1 heterocycles. The fraction of sp³-hybridized carbons (Fsp3) is 0.750. The van der Waals surface area contributed by atoms with Gasteiger partial charge in [0.2, 0.25) is 0 Å². The topological polar surface area (TPSA) is 18.5 Å². The van der Waals surface area contributed by atoms with Gasteiger partial charge in [0.15, 0.2) is 5.75 Å². The second kappa shape index (κ2) is 9.26. The van der Waals surface area contributed by atoms with E-state index in [0.717, 1.165) is 18.6 Å². The van der Waals surface area contributed by atoms with E-state index in [2.05, 4.69) is 48.5 Å². The fourth-order valence-electron chi connectivity index (χ4n) is 4.39. The molecule has 0 unspecified atom stereocenters. The molecule has 0 amide bonds. The Balaban J connectivity index is 2.75. The first-order valence-corrected chi connectivity index (χ1v) is 11.0. The molecule has 0 saturated carbocycles. The van der Waals surface area contributed by atoms with E-state index in [0.29, 0.717) is 5.92 Å². The summed E-state index contributed by atoms with van der Waals surface area (Å²) in [5.41, 5.74) is 7.11. The highest BCUT2D eigenvalue weighted by Gasteiger charge is 2.40. The van der Waals surface area contributed by atoms with E-state index in [-0.39, 0.29) is 5.60 Å². The number of hydrogen-bond donors (Lipinski definition) is 0. The van der Waals surface area contributed by atoms with Gasteiger partial charge >= 0.3 is 0 Å². The van der Waals surface area contributed by atoms with Crippen molar-refractivity contribution in [1.82, 2.24) is 0 Å². The second-order valence-electron chi connectivity index (χ2n) is 8.70. The molecule has 0 spiro atoms. The molecule has 26 heavy (non-hydrogen) atoms. The molecule has 0 atom stereocenters. The standard InChI is InChI=1S/C24H40O2/c1-8-11-14-18-19(15-12-9-2)22-23(25-26-24(22,6)7)20(16-13-10-3)21(18)17(4)5/h17H,8-16H2,1-7H3.